The van der Waals surface area contributed by atoms with Crippen LogP contribution in [0.2, 0.25) is 0 Å². The smallest absolute Gasteiger partial charge is 0.272 e. The summed E-state index contributed by atoms with van der Waals surface area (Å²) in [5, 5.41) is 8.54. The Morgan fingerprint density at radius 1 is 0.756 bits per heavy atom. The van der Waals surface area contributed by atoms with Crippen molar-refractivity contribution in [3.05, 3.63) is 113 Å². The van der Waals surface area contributed by atoms with E-state index >= 15 is 0 Å². The molecule has 0 atom stereocenters. The van der Waals surface area contributed by atoms with Crippen molar-refractivity contribution >= 4 is 46.9 Å². The Bertz CT molecular complexity index is 1720. The number of ether oxygens (including phenoxy) is 3. The average molecular weight is 626 g/mol. The van der Waals surface area contributed by atoms with Crippen molar-refractivity contribution in [2.75, 3.05) is 37.7 Å². The van der Waals surface area contributed by atoms with Crippen LogP contribution >= 0.6 is 11.8 Å². The molecule has 0 unspecified atom stereocenters. The van der Waals surface area contributed by atoms with Crippen LogP contribution in [-0.4, -0.2) is 44.8 Å². The lowest BCUT2D eigenvalue weighted by atomic mass is 10.1. The second-order valence-electron chi connectivity index (χ2n) is 9.89. The minimum atomic E-state index is -0.564. The lowest BCUT2D eigenvalue weighted by Gasteiger charge is -2.15. The molecule has 4 aromatic rings. The second-order valence-corrected chi connectivity index (χ2v) is 10.9. The van der Waals surface area contributed by atoms with Crippen molar-refractivity contribution in [2.45, 2.75) is 18.7 Å². The van der Waals surface area contributed by atoms with E-state index in [0.29, 0.717) is 34.1 Å². The van der Waals surface area contributed by atoms with Gasteiger partial charge in [-0.1, -0.05) is 36.4 Å². The Labute approximate surface area is 267 Å². The molecule has 3 N–H and O–H groups in total. The third-order valence-electron chi connectivity index (χ3n) is 6.91. The molecule has 0 aliphatic rings. The molecule has 3 amide bonds. The number of rotatable bonds is 12. The number of carbonyl (C=O) groups is 3. The van der Waals surface area contributed by atoms with Gasteiger partial charge in [-0.3, -0.25) is 14.4 Å². The van der Waals surface area contributed by atoms with E-state index in [9.17, 15) is 14.4 Å². The van der Waals surface area contributed by atoms with E-state index in [1.807, 2.05) is 38.1 Å². The number of thioether (sulfide) groups is 1. The number of amides is 3. The summed E-state index contributed by atoms with van der Waals surface area (Å²) in [5.41, 5.74) is 4.22. The highest BCUT2D eigenvalue weighted by Gasteiger charge is 2.18. The van der Waals surface area contributed by atoms with Crippen LogP contribution in [0.25, 0.3) is 6.08 Å². The van der Waals surface area contributed by atoms with Crippen LogP contribution in [-0.2, 0) is 9.59 Å². The number of methoxy groups -OCH3 is 3. The zero-order valence-electron chi connectivity index (χ0n) is 25.7. The highest BCUT2D eigenvalue weighted by Crippen LogP contribution is 2.35. The Hall–Kier alpha value is -5.22. The molecular formula is C35H35N3O6S. The van der Waals surface area contributed by atoms with Crippen molar-refractivity contribution in [3.63, 3.8) is 0 Å². The van der Waals surface area contributed by atoms with Gasteiger partial charge in [0.05, 0.1) is 27.1 Å². The Morgan fingerprint density at radius 2 is 1.44 bits per heavy atom. The SMILES string of the molecule is COc1cc(OC)c(OC)cc1/C=C(/NC(=O)c1ccccc1)C(=O)Nc1cccc(SCC(=O)Nc2cccc(C)c2C)c1. The molecule has 0 bridgehead atoms. The molecule has 4 rings (SSSR count). The lowest BCUT2D eigenvalue weighted by Crippen LogP contribution is -2.30. The van der Waals surface area contributed by atoms with Gasteiger partial charge >= 0.3 is 0 Å². The van der Waals surface area contributed by atoms with Gasteiger partial charge in [0.1, 0.15) is 11.4 Å². The monoisotopic (exact) mass is 625 g/mol. The minimum Gasteiger partial charge on any atom is -0.496 e. The van der Waals surface area contributed by atoms with Crippen LogP contribution in [0.15, 0.2) is 95.5 Å². The number of nitrogens with one attached hydrogen (secondary N) is 3. The largest absolute Gasteiger partial charge is 0.496 e. The number of aryl methyl sites for hydroxylation is 1. The van der Waals surface area contributed by atoms with E-state index in [2.05, 4.69) is 16.0 Å². The first-order chi connectivity index (χ1) is 21.7. The van der Waals surface area contributed by atoms with Crippen LogP contribution in [0.3, 0.4) is 0 Å². The molecule has 0 aromatic heterocycles. The van der Waals surface area contributed by atoms with Gasteiger partial charge in [-0.05, 0) is 73.5 Å². The lowest BCUT2D eigenvalue weighted by molar-refractivity contribution is -0.114. The van der Waals surface area contributed by atoms with Crippen molar-refractivity contribution in [3.8, 4) is 17.2 Å². The van der Waals surface area contributed by atoms with Gasteiger partial charge in [0.15, 0.2) is 11.5 Å². The second kappa shape index (κ2) is 15.5. The fourth-order valence-electron chi connectivity index (χ4n) is 4.35. The third kappa shape index (κ3) is 8.67. The van der Waals surface area contributed by atoms with E-state index in [4.69, 9.17) is 14.2 Å². The first kappa shape index (κ1) is 32.7. The predicted octanol–water partition coefficient (Wildman–Crippen LogP) is 6.47. The molecule has 4 aromatic carbocycles. The highest BCUT2D eigenvalue weighted by molar-refractivity contribution is 8.00. The fraction of sp³-hybridized carbons (Fsp3) is 0.171. The third-order valence-corrected chi connectivity index (χ3v) is 7.90. The Balaban J connectivity index is 1.55. The summed E-state index contributed by atoms with van der Waals surface area (Å²) in [5.74, 6) is 0.294. The summed E-state index contributed by atoms with van der Waals surface area (Å²) in [7, 11) is 4.50. The number of hydrogen-bond acceptors (Lipinski definition) is 7. The molecule has 9 nitrogen and oxygen atoms in total. The van der Waals surface area contributed by atoms with E-state index in [1.165, 1.54) is 39.2 Å². The zero-order valence-corrected chi connectivity index (χ0v) is 26.5. The number of hydrogen-bond donors (Lipinski definition) is 3. The van der Waals surface area contributed by atoms with Crippen molar-refractivity contribution in [1.82, 2.24) is 5.32 Å². The fourth-order valence-corrected chi connectivity index (χ4v) is 5.10. The molecule has 0 fully saturated rings. The molecule has 232 valence electrons. The summed E-state index contributed by atoms with van der Waals surface area (Å²) in [4.78, 5) is 40.2. The van der Waals surface area contributed by atoms with E-state index in [-0.39, 0.29) is 17.4 Å². The standard InChI is InChI=1S/C35H35N3O6S/c1-22-11-9-16-28(23(22)2)37-33(39)21-45-27-15-10-14-26(19-27)36-35(41)29(38-34(40)24-12-7-6-8-13-24)17-25-18-31(43-4)32(44-5)20-30(25)42-3/h6-20H,21H2,1-5H3,(H,36,41)(H,37,39)(H,38,40)/b29-17+. The van der Waals surface area contributed by atoms with Gasteiger partial charge in [0.2, 0.25) is 5.91 Å². The Kier molecular flexibility index (Phi) is 11.3. The molecule has 45 heavy (non-hydrogen) atoms. The minimum absolute atomic E-state index is 0.0275. The summed E-state index contributed by atoms with van der Waals surface area (Å²) in [6, 6.07) is 24.8. The van der Waals surface area contributed by atoms with E-state index < -0.39 is 11.8 Å². The molecule has 0 spiro atoms. The van der Waals surface area contributed by atoms with Crippen molar-refractivity contribution in [2.24, 2.45) is 0 Å². The maximum atomic E-state index is 13.6. The van der Waals surface area contributed by atoms with Gasteiger partial charge in [0.25, 0.3) is 11.8 Å². The summed E-state index contributed by atoms with van der Waals surface area (Å²) in [6.07, 6.45) is 1.51. The van der Waals surface area contributed by atoms with Crippen molar-refractivity contribution in [1.29, 1.82) is 0 Å². The number of anilines is 2. The molecule has 0 radical (unpaired) electrons. The molecule has 0 saturated carbocycles. The maximum absolute atomic E-state index is 13.6. The number of carbonyl (C=O) groups excluding carboxylic acids is 3. The van der Waals surface area contributed by atoms with Gasteiger partial charge in [-0.25, -0.2) is 0 Å². The summed E-state index contributed by atoms with van der Waals surface area (Å²) >= 11 is 1.34. The van der Waals surface area contributed by atoms with Crippen LogP contribution in [0, 0.1) is 13.8 Å². The first-order valence-electron chi connectivity index (χ1n) is 14.0. The summed E-state index contributed by atoms with van der Waals surface area (Å²) < 4.78 is 16.3. The van der Waals surface area contributed by atoms with Gasteiger partial charge in [-0.2, -0.15) is 0 Å². The quantitative estimate of drug-likeness (QED) is 0.122. The predicted molar refractivity (Wildman–Crippen MR) is 178 cm³/mol. The maximum Gasteiger partial charge on any atom is 0.272 e. The topological polar surface area (TPSA) is 115 Å². The Morgan fingerprint density at radius 3 is 2.16 bits per heavy atom. The van der Waals surface area contributed by atoms with Gasteiger partial charge in [-0.15, -0.1) is 11.8 Å². The van der Waals surface area contributed by atoms with Gasteiger partial charge in [0, 0.05) is 33.5 Å². The normalized spacial score (nSPS) is 10.9. The van der Waals surface area contributed by atoms with Crippen molar-refractivity contribution < 1.29 is 28.6 Å². The van der Waals surface area contributed by atoms with E-state index in [1.54, 1.807) is 60.7 Å². The van der Waals surface area contributed by atoms with Crippen LogP contribution in [0.1, 0.15) is 27.0 Å². The molecule has 0 aliphatic carbocycles. The molecule has 10 heteroatoms. The van der Waals surface area contributed by atoms with Crippen LogP contribution in [0.5, 0.6) is 17.2 Å². The molecule has 0 heterocycles. The van der Waals surface area contributed by atoms with E-state index in [0.717, 1.165) is 21.7 Å². The van der Waals surface area contributed by atoms with Gasteiger partial charge < -0.3 is 30.2 Å². The number of benzene rings is 4. The van der Waals surface area contributed by atoms with Crippen LogP contribution in [0.4, 0.5) is 11.4 Å². The molecule has 0 saturated heterocycles. The first-order valence-corrected chi connectivity index (χ1v) is 15.0. The highest BCUT2D eigenvalue weighted by atomic mass is 32.2. The zero-order chi connectivity index (χ0) is 32.3. The average Bonchev–Trinajstić information content (AvgIpc) is 3.05. The van der Waals surface area contributed by atoms with Crippen LogP contribution < -0.4 is 30.2 Å². The summed E-state index contributed by atoms with van der Waals surface area (Å²) in [6.45, 7) is 3.97. The molecular weight excluding hydrogens is 590 g/mol. The molecule has 0 aliphatic heterocycles.